The number of para-hydroxylation sites is 2. The molecule has 15 rings (SSSR count). The van der Waals surface area contributed by atoms with Gasteiger partial charge in [0.25, 0.3) is 0 Å². The van der Waals surface area contributed by atoms with Gasteiger partial charge in [-0.2, -0.15) is 0 Å². The molecule has 0 radical (unpaired) electrons. The van der Waals surface area contributed by atoms with Crippen LogP contribution in [0.2, 0.25) is 0 Å². The number of benzene rings is 11. The minimum absolute atomic E-state index is 0.207. The number of nitrogens with zero attached hydrogens (tertiary/aromatic N) is 1. The monoisotopic (exact) mass is 891 g/mol. The van der Waals surface area contributed by atoms with Gasteiger partial charge in [-0.3, -0.25) is 0 Å². The molecule has 0 bridgehead atoms. The largest absolute Gasteiger partial charge is 0.454 e. The second-order valence-electron chi connectivity index (χ2n) is 19.9. The Morgan fingerprint density at radius 1 is 0.329 bits per heavy atom. The van der Waals surface area contributed by atoms with E-state index in [1.54, 1.807) is 0 Å². The van der Waals surface area contributed by atoms with Crippen LogP contribution in [0.25, 0.3) is 77.5 Å². The van der Waals surface area contributed by atoms with Crippen molar-refractivity contribution in [3.63, 3.8) is 0 Å². The van der Waals surface area contributed by atoms with Crippen LogP contribution in [-0.4, -0.2) is 0 Å². The Morgan fingerprint density at radius 3 is 1.53 bits per heavy atom. The van der Waals surface area contributed by atoms with Gasteiger partial charge in [-0.05, 0) is 136 Å². The normalized spacial score (nSPS) is 15.6. The van der Waals surface area contributed by atoms with Gasteiger partial charge in [-0.25, -0.2) is 0 Å². The van der Waals surface area contributed by atoms with Gasteiger partial charge in [0.2, 0.25) is 0 Å². The summed E-state index contributed by atoms with van der Waals surface area (Å²) in [4.78, 5) is 2.48. The highest BCUT2D eigenvalue weighted by Crippen LogP contribution is 2.64. The zero-order valence-corrected chi connectivity index (χ0v) is 38.9. The summed E-state index contributed by atoms with van der Waals surface area (Å²) in [6.45, 7) is 4.74. The molecule has 0 aromatic heterocycles. The maximum absolute atomic E-state index is 7.34. The maximum Gasteiger partial charge on any atom is 0.159 e. The van der Waals surface area contributed by atoms with Crippen molar-refractivity contribution >= 4 is 27.8 Å². The quantitative estimate of drug-likeness (QED) is 0.175. The van der Waals surface area contributed by atoms with Crippen molar-refractivity contribution in [2.24, 2.45) is 0 Å². The molecule has 328 valence electrons. The second-order valence-corrected chi connectivity index (χ2v) is 19.9. The van der Waals surface area contributed by atoms with Crippen LogP contribution in [0, 0.1) is 0 Å². The molecule has 11 aromatic rings. The van der Waals surface area contributed by atoms with Gasteiger partial charge < -0.3 is 9.64 Å². The predicted octanol–water partition coefficient (Wildman–Crippen LogP) is 18.1. The van der Waals surface area contributed by atoms with E-state index in [1.165, 1.54) is 88.7 Å². The molecule has 2 nitrogen and oxygen atoms in total. The van der Waals surface area contributed by atoms with Gasteiger partial charge >= 0.3 is 0 Å². The smallest absolute Gasteiger partial charge is 0.159 e. The van der Waals surface area contributed by atoms with E-state index in [4.69, 9.17) is 4.74 Å². The highest BCUT2D eigenvalue weighted by molar-refractivity contribution is 6.07. The summed E-state index contributed by atoms with van der Waals surface area (Å²) in [6, 6.07) is 88.3. The molecule has 1 spiro atoms. The van der Waals surface area contributed by atoms with E-state index in [-0.39, 0.29) is 5.41 Å². The van der Waals surface area contributed by atoms with Gasteiger partial charge in [-0.1, -0.05) is 214 Å². The highest BCUT2D eigenvalue weighted by atomic mass is 16.5. The van der Waals surface area contributed by atoms with Crippen LogP contribution in [-0.2, 0) is 10.8 Å². The van der Waals surface area contributed by atoms with Crippen molar-refractivity contribution in [3.8, 4) is 78.3 Å². The lowest BCUT2D eigenvalue weighted by Gasteiger charge is -2.37. The van der Waals surface area contributed by atoms with Crippen molar-refractivity contribution in [1.29, 1.82) is 0 Å². The predicted molar refractivity (Wildman–Crippen MR) is 289 cm³/mol. The van der Waals surface area contributed by atoms with Crippen LogP contribution >= 0.6 is 0 Å². The zero-order chi connectivity index (χ0) is 46.3. The van der Waals surface area contributed by atoms with Gasteiger partial charge in [0.05, 0.1) is 11.1 Å². The molecular weight excluding hydrogens is 847 g/mol. The highest BCUT2D eigenvalue weighted by Gasteiger charge is 2.50. The summed E-state index contributed by atoms with van der Waals surface area (Å²) in [5.74, 6) is 1.67. The molecule has 0 amide bonds. The molecule has 0 saturated carbocycles. The topological polar surface area (TPSA) is 12.5 Å². The van der Waals surface area contributed by atoms with Crippen molar-refractivity contribution in [2.75, 3.05) is 4.90 Å². The summed E-state index contributed by atoms with van der Waals surface area (Å²) in [5.41, 5.74) is 24.6. The van der Waals surface area contributed by atoms with Crippen LogP contribution in [0.3, 0.4) is 0 Å². The Kier molecular flexibility index (Phi) is 8.08. The van der Waals surface area contributed by atoms with Gasteiger partial charge in [0.1, 0.15) is 5.75 Å². The summed E-state index contributed by atoms with van der Waals surface area (Å²) in [7, 11) is 0. The lowest BCUT2D eigenvalue weighted by molar-refractivity contribution is 0.489. The van der Waals surface area contributed by atoms with Crippen LogP contribution in [0.4, 0.5) is 17.1 Å². The number of rotatable bonds is 3. The Bertz CT molecular complexity index is 4040. The molecular formula is C68H45NO. The Hall–Kier alpha value is -8.72. The third kappa shape index (κ3) is 5.17. The van der Waals surface area contributed by atoms with E-state index < -0.39 is 5.41 Å². The molecule has 1 heterocycles. The molecule has 1 aliphatic heterocycles. The Labute approximate surface area is 408 Å². The van der Waals surface area contributed by atoms with Crippen molar-refractivity contribution in [1.82, 2.24) is 0 Å². The Balaban J connectivity index is 1.07. The fourth-order valence-corrected chi connectivity index (χ4v) is 13.1. The summed E-state index contributed by atoms with van der Waals surface area (Å²) in [5, 5.41) is 2.52. The first-order valence-corrected chi connectivity index (χ1v) is 24.5. The SMILES string of the molecule is CC1(C)c2ccccc2-c2ccc(N(c3ccc4c(c3)C3(c5ccccc5-c5ccccc5-4)c4ccccc4-c4c3ccc3ccccc43)c3cccc4c3Oc3ccccc3-c3ccccc3-4)cc21. The molecule has 0 N–H and O–H groups in total. The molecule has 1 unspecified atom stereocenters. The first kappa shape index (κ1) is 39.3. The summed E-state index contributed by atoms with van der Waals surface area (Å²) < 4.78 is 7.34. The average Bonchev–Trinajstić information content (AvgIpc) is 3.73. The number of hydrogen-bond donors (Lipinski definition) is 0. The van der Waals surface area contributed by atoms with E-state index >= 15 is 0 Å². The number of fused-ring (bicyclic) bond motifs is 22. The second kappa shape index (κ2) is 14.4. The fourth-order valence-electron chi connectivity index (χ4n) is 13.1. The zero-order valence-electron chi connectivity index (χ0n) is 38.9. The van der Waals surface area contributed by atoms with E-state index in [0.717, 1.165) is 50.8 Å². The van der Waals surface area contributed by atoms with E-state index in [1.807, 2.05) is 0 Å². The van der Waals surface area contributed by atoms with Gasteiger partial charge in [0, 0.05) is 27.9 Å². The minimum Gasteiger partial charge on any atom is -0.454 e. The maximum atomic E-state index is 7.34. The van der Waals surface area contributed by atoms with Crippen molar-refractivity contribution < 1.29 is 4.74 Å². The fraction of sp³-hybridized carbons (Fsp3) is 0.0588. The third-order valence-electron chi connectivity index (χ3n) is 16.1. The molecule has 3 aliphatic carbocycles. The van der Waals surface area contributed by atoms with Crippen molar-refractivity contribution in [3.05, 3.63) is 270 Å². The molecule has 70 heavy (non-hydrogen) atoms. The summed E-state index contributed by atoms with van der Waals surface area (Å²) >= 11 is 0. The molecule has 0 saturated heterocycles. The van der Waals surface area contributed by atoms with Gasteiger partial charge in [0.15, 0.2) is 5.75 Å². The van der Waals surface area contributed by atoms with Crippen LogP contribution in [0.15, 0.2) is 237 Å². The first-order chi connectivity index (χ1) is 34.5. The van der Waals surface area contributed by atoms with Crippen LogP contribution in [0.1, 0.15) is 47.2 Å². The molecule has 1 atom stereocenters. The first-order valence-electron chi connectivity index (χ1n) is 24.5. The van der Waals surface area contributed by atoms with E-state index in [9.17, 15) is 0 Å². The molecule has 0 fully saturated rings. The average molecular weight is 892 g/mol. The standard InChI is InChI=1S/C68H45NO/c1-67(2)57-29-13-9-25-51(57)53-38-36-43(40-61(53)67)69(63-32-17-28-55-49-23-8-7-22-48(49)54-26-12-16-33-64(54)70-66(55)63)44-35-37-52-47-21-6-5-20-46(47)50-24-10-14-30-58(50)68(62(52)41-44)59-31-15-11-27-56(59)65-45-19-4-3-18-42(45)34-39-60(65)68/h3-41H,1-2H3. The van der Waals surface area contributed by atoms with Crippen LogP contribution < -0.4 is 9.64 Å². The van der Waals surface area contributed by atoms with Crippen LogP contribution in [0.5, 0.6) is 11.5 Å². The third-order valence-corrected chi connectivity index (χ3v) is 16.1. The number of hydrogen-bond acceptors (Lipinski definition) is 2. The molecule has 4 aliphatic rings. The van der Waals surface area contributed by atoms with Crippen molar-refractivity contribution in [2.45, 2.75) is 24.7 Å². The van der Waals surface area contributed by atoms with Gasteiger partial charge in [-0.15, -0.1) is 0 Å². The van der Waals surface area contributed by atoms with E-state index in [0.29, 0.717) is 0 Å². The number of ether oxygens (including phenoxy) is 1. The minimum atomic E-state index is -0.674. The molecule has 2 heteroatoms. The lowest BCUT2D eigenvalue weighted by atomic mass is 9.65. The number of anilines is 3. The molecule has 11 aromatic carbocycles. The summed E-state index contributed by atoms with van der Waals surface area (Å²) in [6.07, 6.45) is 0. The lowest BCUT2D eigenvalue weighted by Crippen LogP contribution is -2.29. The Morgan fingerprint density at radius 2 is 0.814 bits per heavy atom. The van der Waals surface area contributed by atoms with E-state index in [2.05, 4.69) is 255 Å².